The number of aliphatic hydroxyl groups excluding tert-OH is 1. The van der Waals surface area contributed by atoms with Gasteiger partial charge in [-0.25, -0.2) is 28.3 Å². The fourth-order valence-corrected chi connectivity index (χ4v) is 6.26. The second-order valence-electron chi connectivity index (χ2n) is 9.88. The van der Waals surface area contributed by atoms with Gasteiger partial charge in [0.2, 0.25) is 0 Å². The van der Waals surface area contributed by atoms with Crippen LogP contribution in [0.2, 0.25) is 0 Å². The molecule has 2 fully saturated rings. The Hall–Kier alpha value is -2.58. The summed E-state index contributed by atoms with van der Waals surface area (Å²) in [6, 6.07) is 2.88. The van der Waals surface area contributed by atoms with Gasteiger partial charge in [0.05, 0.1) is 24.6 Å². The van der Waals surface area contributed by atoms with Crippen molar-refractivity contribution < 1.29 is 41.9 Å². The van der Waals surface area contributed by atoms with E-state index in [4.69, 9.17) is 24.0 Å². The molecular weight excluding hydrogens is 515 g/mol. The number of anilines is 1. The summed E-state index contributed by atoms with van der Waals surface area (Å²) in [5.41, 5.74) is 3.63. The van der Waals surface area contributed by atoms with Crippen molar-refractivity contribution in [3.63, 3.8) is 0 Å². The number of rotatable bonds is 5. The van der Waals surface area contributed by atoms with E-state index < -0.39 is 61.8 Å². The molecule has 4 heterocycles. The van der Waals surface area contributed by atoms with Crippen LogP contribution in [0, 0.1) is 11.6 Å². The lowest BCUT2D eigenvalue weighted by atomic mass is 9.96. The minimum Gasteiger partial charge on any atom is -0.387 e. The van der Waals surface area contributed by atoms with Gasteiger partial charge in [-0.1, -0.05) is 0 Å². The smallest absolute Gasteiger partial charge is 0.387 e. The van der Waals surface area contributed by atoms with Gasteiger partial charge >= 0.3 is 7.82 Å². The maximum atomic E-state index is 13.8. The van der Waals surface area contributed by atoms with Crippen molar-refractivity contribution in [1.82, 2.24) is 19.5 Å². The van der Waals surface area contributed by atoms with Crippen molar-refractivity contribution in [2.45, 2.75) is 62.9 Å². The van der Waals surface area contributed by atoms with Crippen LogP contribution in [0.5, 0.6) is 0 Å². The molecule has 12 nitrogen and oxygen atoms in total. The van der Waals surface area contributed by atoms with Crippen LogP contribution in [0.1, 0.15) is 45.1 Å². The maximum absolute atomic E-state index is 13.8. The van der Waals surface area contributed by atoms with Gasteiger partial charge in [0, 0.05) is 12.5 Å². The molecule has 2 aromatic heterocycles. The van der Waals surface area contributed by atoms with Gasteiger partial charge < -0.3 is 20.7 Å². The van der Waals surface area contributed by atoms with Crippen molar-refractivity contribution in [1.29, 1.82) is 0 Å². The first-order chi connectivity index (χ1) is 17.3. The van der Waals surface area contributed by atoms with E-state index in [2.05, 4.69) is 15.0 Å². The van der Waals surface area contributed by atoms with Gasteiger partial charge in [-0.3, -0.25) is 18.1 Å². The Morgan fingerprint density at radius 2 is 1.92 bits per heavy atom. The van der Waals surface area contributed by atoms with Crippen LogP contribution >= 0.6 is 7.82 Å². The van der Waals surface area contributed by atoms with Crippen LogP contribution in [-0.4, -0.2) is 59.7 Å². The number of aromatic nitrogens is 4. The number of hydrogen-bond donors (Lipinski definition) is 3. The average Bonchev–Trinajstić information content (AvgIpc) is 3.30. The molecule has 2 aliphatic rings. The molecule has 4 N–H and O–H groups in total. The lowest BCUT2D eigenvalue weighted by Gasteiger charge is -2.39. The minimum atomic E-state index is -4.31. The molecule has 0 spiro atoms. The summed E-state index contributed by atoms with van der Waals surface area (Å²) in [5, 5.41) is 21.9. The lowest BCUT2D eigenvalue weighted by molar-refractivity contribution is -0.0967. The van der Waals surface area contributed by atoms with Gasteiger partial charge in [0.15, 0.2) is 17.7 Å². The molecule has 200 valence electrons. The predicted molar refractivity (Wildman–Crippen MR) is 124 cm³/mol. The number of benzene rings is 1. The number of phosphoric ester groups is 1. The SMILES string of the molecule is CC1(C)C[C@@H](c2cc(F)cc(F)c2)O[P@@](=O)(OC[C@H]2O[C@@H](n3cnc4c(N)ncnc43)[C@](C)(O)[C@@H]2O)O1. The van der Waals surface area contributed by atoms with Crippen molar-refractivity contribution in [2.24, 2.45) is 0 Å². The molecule has 2 saturated heterocycles. The highest BCUT2D eigenvalue weighted by Gasteiger charge is 2.55. The summed E-state index contributed by atoms with van der Waals surface area (Å²) in [6.07, 6.45) is -2.12. The van der Waals surface area contributed by atoms with Crippen LogP contribution in [0.3, 0.4) is 0 Å². The summed E-state index contributed by atoms with van der Waals surface area (Å²) in [7, 11) is -4.31. The van der Waals surface area contributed by atoms with Crippen LogP contribution in [-0.2, 0) is 22.9 Å². The number of halogens is 2. The standard InChI is InChI=1S/C22H26F2N5O7P/c1-21(2)7-14(11-4-12(23)6-13(24)5-11)35-37(32,36-21)33-8-15-17(30)22(3,31)20(34-15)29-10-28-16-18(25)26-9-27-19(16)29/h4-6,9-10,14-15,17,20,30-31H,7-8H2,1-3H3,(H2,25,26,27)/t14-,15+,17+,20+,22+,37+/m0/s1. The number of nitrogen functional groups attached to an aromatic ring is 1. The van der Waals surface area contributed by atoms with Crippen LogP contribution in [0.4, 0.5) is 14.6 Å². The van der Waals surface area contributed by atoms with E-state index in [1.165, 1.54) is 24.1 Å². The average molecular weight is 541 g/mol. The van der Waals surface area contributed by atoms with Crippen molar-refractivity contribution in [2.75, 3.05) is 12.3 Å². The van der Waals surface area contributed by atoms with Gasteiger partial charge in [-0.15, -0.1) is 0 Å². The topological polar surface area (TPSA) is 164 Å². The fourth-order valence-electron chi connectivity index (χ4n) is 4.58. The predicted octanol–water partition coefficient (Wildman–Crippen LogP) is 2.78. The number of aliphatic hydroxyl groups is 2. The summed E-state index contributed by atoms with van der Waals surface area (Å²) in [4.78, 5) is 12.1. The molecule has 5 rings (SSSR count). The first-order valence-electron chi connectivity index (χ1n) is 11.4. The monoisotopic (exact) mass is 541 g/mol. The Morgan fingerprint density at radius 1 is 1.22 bits per heavy atom. The van der Waals surface area contributed by atoms with Gasteiger partial charge in [-0.05, 0) is 38.5 Å². The molecule has 15 heteroatoms. The van der Waals surface area contributed by atoms with Crippen molar-refractivity contribution >= 4 is 24.8 Å². The van der Waals surface area contributed by atoms with E-state index in [0.717, 1.165) is 18.2 Å². The second kappa shape index (κ2) is 9.02. The number of imidazole rings is 1. The van der Waals surface area contributed by atoms with Crippen molar-refractivity contribution in [3.8, 4) is 0 Å². The zero-order valence-corrected chi connectivity index (χ0v) is 21.0. The Labute approximate surface area is 210 Å². The maximum Gasteiger partial charge on any atom is 0.476 e. The molecular formula is C22H26F2N5O7P. The number of ether oxygens (including phenoxy) is 1. The molecule has 6 atom stereocenters. The third-order valence-electron chi connectivity index (χ3n) is 6.34. The van der Waals surface area contributed by atoms with E-state index in [1.807, 2.05) is 0 Å². The second-order valence-corrected chi connectivity index (χ2v) is 11.4. The van der Waals surface area contributed by atoms with E-state index in [9.17, 15) is 23.6 Å². The minimum absolute atomic E-state index is 0.127. The fraction of sp³-hybridized carbons (Fsp3) is 0.500. The highest BCUT2D eigenvalue weighted by atomic mass is 31.2. The van der Waals surface area contributed by atoms with E-state index >= 15 is 0 Å². The zero-order valence-electron chi connectivity index (χ0n) is 20.1. The zero-order chi connectivity index (χ0) is 26.8. The molecule has 1 aromatic carbocycles. The Kier molecular flexibility index (Phi) is 6.35. The molecule has 0 aliphatic carbocycles. The number of nitrogens with two attached hydrogens (primary N) is 1. The van der Waals surface area contributed by atoms with Gasteiger partial charge in [0.25, 0.3) is 0 Å². The Morgan fingerprint density at radius 3 is 2.62 bits per heavy atom. The third-order valence-corrected chi connectivity index (χ3v) is 8.04. The van der Waals surface area contributed by atoms with Crippen LogP contribution in [0.25, 0.3) is 11.2 Å². The molecule has 2 aliphatic heterocycles. The van der Waals surface area contributed by atoms with Crippen LogP contribution in [0.15, 0.2) is 30.9 Å². The number of phosphoric acid groups is 1. The largest absolute Gasteiger partial charge is 0.476 e. The number of nitrogens with zero attached hydrogens (tertiary/aromatic N) is 4. The summed E-state index contributed by atoms with van der Waals surface area (Å²) >= 11 is 0. The first-order valence-corrected chi connectivity index (χ1v) is 12.8. The highest BCUT2D eigenvalue weighted by Crippen LogP contribution is 2.62. The van der Waals surface area contributed by atoms with Gasteiger partial charge in [0.1, 0.15) is 41.3 Å². The molecule has 0 radical (unpaired) electrons. The van der Waals surface area contributed by atoms with E-state index in [0.29, 0.717) is 0 Å². The number of hydrogen-bond acceptors (Lipinski definition) is 11. The highest BCUT2D eigenvalue weighted by molar-refractivity contribution is 7.48. The summed E-state index contributed by atoms with van der Waals surface area (Å²) in [5.74, 6) is -1.50. The third kappa shape index (κ3) is 4.86. The van der Waals surface area contributed by atoms with Crippen LogP contribution < -0.4 is 5.73 Å². The Bertz CT molecular complexity index is 1370. The quantitative estimate of drug-likeness (QED) is 0.407. The number of fused-ring (bicyclic) bond motifs is 1. The molecule has 0 unspecified atom stereocenters. The van der Waals surface area contributed by atoms with Gasteiger partial charge in [-0.2, -0.15) is 0 Å². The first kappa shape index (κ1) is 26.0. The molecule has 0 saturated carbocycles. The summed E-state index contributed by atoms with van der Waals surface area (Å²) in [6.45, 7) is 4.11. The molecule has 0 bridgehead atoms. The lowest BCUT2D eigenvalue weighted by Crippen LogP contribution is -2.44. The van der Waals surface area contributed by atoms with Crippen molar-refractivity contribution in [3.05, 3.63) is 48.1 Å². The molecule has 0 amide bonds. The van der Waals surface area contributed by atoms with E-state index in [-0.39, 0.29) is 29.0 Å². The summed E-state index contributed by atoms with van der Waals surface area (Å²) < 4.78 is 64.9. The molecule has 37 heavy (non-hydrogen) atoms. The van der Waals surface area contributed by atoms with E-state index in [1.54, 1.807) is 13.8 Å². The molecule has 3 aromatic rings. The normalized spacial score (nSPS) is 33.7. The Balaban J connectivity index is 1.35.